The molecule has 3 amide bonds. The van der Waals surface area contributed by atoms with E-state index in [0.29, 0.717) is 37.7 Å². The molecule has 29 heavy (non-hydrogen) atoms. The molecule has 0 aliphatic carbocycles. The van der Waals surface area contributed by atoms with E-state index in [9.17, 15) is 9.59 Å². The largest absolute Gasteiger partial charge is 0.353 e. The molecule has 0 atom stereocenters. The number of urea groups is 1. The molecule has 4 rings (SSSR count). The maximum Gasteiger partial charge on any atom is 0.325 e. The predicted octanol–water partition coefficient (Wildman–Crippen LogP) is 1.32. The third-order valence-electron chi connectivity index (χ3n) is 5.42. The average molecular weight is 395 g/mol. The van der Waals surface area contributed by atoms with Gasteiger partial charge in [-0.05, 0) is 37.1 Å². The number of carbonyl (C=O) groups excluding carboxylic acids is 2. The van der Waals surface area contributed by atoms with Gasteiger partial charge in [-0.15, -0.1) is 10.2 Å². The molecular weight excluding hydrogens is 370 g/mol. The number of aryl methyl sites for hydroxylation is 2. The Kier molecular flexibility index (Phi) is 5.04. The van der Waals surface area contributed by atoms with E-state index in [1.54, 1.807) is 33.9 Å². The van der Waals surface area contributed by atoms with Crippen molar-refractivity contribution in [3.63, 3.8) is 0 Å². The second-order valence-corrected chi connectivity index (χ2v) is 7.56. The number of likely N-dealkylation sites (N-methyl/N-ethyl adjacent to an activating group) is 1. The fourth-order valence-corrected chi connectivity index (χ4v) is 3.77. The molecule has 0 bridgehead atoms. The van der Waals surface area contributed by atoms with Crippen molar-refractivity contribution in [2.45, 2.75) is 13.8 Å². The molecule has 2 aromatic rings. The van der Waals surface area contributed by atoms with Crippen LogP contribution in [0, 0.1) is 13.8 Å². The van der Waals surface area contributed by atoms with Gasteiger partial charge in [0.05, 0.1) is 0 Å². The summed E-state index contributed by atoms with van der Waals surface area (Å²) in [6.07, 6.45) is 1.87. The highest BCUT2D eigenvalue weighted by Gasteiger charge is 2.29. The van der Waals surface area contributed by atoms with Gasteiger partial charge in [0.25, 0.3) is 5.91 Å². The van der Waals surface area contributed by atoms with Crippen molar-refractivity contribution in [3.05, 3.63) is 41.2 Å². The van der Waals surface area contributed by atoms with E-state index in [1.807, 2.05) is 13.1 Å². The summed E-state index contributed by atoms with van der Waals surface area (Å²) < 4.78 is 0. The molecule has 2 aliphatic rings. The maximum atomic E-state index is 12.8. The number of anilines is 2. The molecule has 9 nitrogen and oxygen atoms in total. The lowest BCUT2D eigenvalue weighted by Gasteiger charge is -2.35. The molecule has 4 heterocycles. The van der Waals surface area contributed by atoms with Crippen molar-refractivity contribution < 1.29 is 9.59 Å². The molecule has 0 aromatic carbocycles. The maximum absolute atomic E-state index is 12.8. The first-order valence-corrected chi connectivity index (χ1v) is 9.78. The van der Waals surface area contributed by atoms with E-state index in [2.05, 4.69) is 33.1 Å². The highest BCUT2D eigenvalue weighted by atomic mass is 16.2. The van der Waals surface area contributed by atoms with Crippen LogP contribution in [-0.2, 0) is 0 Å². The number of rotatable bonds is 3. The topological polar surface area (TPSA) is 85.8 Å². The molecule has 0 saturated carbocycles. The molecule has 0 N–H and O–H groups in total. The Bertz CT molecular complexity index is 923. The Morgan fingerprint density at radius 3 is 2.34 bits per heavy atom. The summed E-state index contributed by atoms with van der Waals surface area (Å²) in [5, 5.41) is 8.18. The number of amides is 3. The summed E-state index contributed by atoms with van der Waals surface area (Å²) in [6.45, 7) is 7.98. The van der Waals surface area contributed by atoms with Crippen LogP contribution in [0.3, 0.4) is 0 Å². The minimum atomic E-state index is -0.137. The normalized spacial score (nSPS) is 17.3. The summed E-state index contributed by atoms with van der Waals surface area (Å²) in [7, 11) is 1.75. The molecule has 2 fully saturated rings. The Morgan fingerprint density at radius 2 is 1.76 bits per heavy atom. The molecule has 152 valence electrons. The lowest BCUT2D eigenvalue weighted by Crippen LogP contribution is -2.49. The highest BCUT2D eigenvalue weighted by Crippen LogP contribution is 2.20. The summed E-state index contributed by atoms with van der Waals surface area (Å²) >= 11 is 0. The van der Waals surface area contributed by atoms with E-state index in [1.165, 1.54) is 0 Å². The van der Waals surface area contributed by atoms with Gasteiger partial charge in [0.2, 0.25) is 0 Å². The molecule has 2 aliphatic heterocycles. The standard InChI is InChI=1S/C20H25N7O2/c1-14-12-15(2)18(21-13-14)25-7-9-26(10-8-25)19(28)16-4-5-17(23-22-16)27-11-6-24(3)20(27)29/h4-5,12-13H,6-11H2,1-3H3. The van der Waals surface area contributed by atoms with Crippen LogP contribution in [-0.4, -0.2) is 83.2 Å². The Balaban J connectivity index is 1.39. The van der Waals surface area contributed by atoms with Crippen LogP contribution in [0.2, 0.25) is 0 Å². The number of nitrogens with zero attached hydrogens (tertiary/aromatic N) is 7. The monoisotopic (exact) mass is 395 g/mol. The third kappa shape index (κ3) is 3.72. The van der Waals surface area contributed by atoms with E-state index >= 15 is 0 Å². The lowest BCUT2D eigenvalue weighted by atomic mass is 10.2. The predicted molar refractivity (Wildman–Crippen MR) is 109 cm³/mol. The smallest absolute Gasteiger partial charge is 0.325 e. The van der Waals surface area contributed by atoms with Crippen LogP contribution in [0.4, 0.5) is 16.4 Å². The van der Waals surface area contributed by atoms with Gasteiger partial charge in [0.15, 0.2) is 11.5 Å². The van der Waals surface area contributed by atoms with Crippen LogP contribution >= 0.6 is 0 Å². The average Bonchev–Trinajstić information content (AvgIpc) is 3.06. The van der Waals surface area contributed by atoms with Gasteiger partial charge >= 0.3 is 6.03 Å². The van der Waals surface area contributed by atoms with Crippen LogP contribution in [0.5, 0.6) is 0 Å². The first-order chi connectivity index (χ1) is 13.9. The van der Waals surface area contributed by atoms with E-state index < -0.39 is 0 Å². The van der Waals surface area contributed by atoms with Crippen LogP contribution in [0.15, 0.2) is 24.4 Å². The number of hydrogen-bond donors (Lipinski definition) is 0. The molecule has 0 radical (unpaired) electrons. The van der Waals surface area contributed by atoms with Gasteiger partial charge in [0, 0.05) is 52.5 Å². The molecule has 2 saturated heterocycles. The fourth-order valence-electron chi connectivity index (χ4n) is 3.77. The van der Waals surface area contributed by atoms with E-state index in [-0.39, 0.29) is 11.9 Å². The number of piperazine rings is 1. The Hall–Kier alpha value is -3.23. The van der Waals surface area contributed by atoms with Crippen molar-refractivity contribution in [1.82, 2.24) is 25.0 Å². The zero-order chi connectivity index (χ0) is 20.5. The molecule has 0 unspecified atom stereocenters. The van der Waals surface area contributed by atoms with Crippen LogP contribution in [0.25, 0.3) is 0 Å². The SMILES string of the molecule is Cc1cnc(N2CCN(C(=O)c3ccc(N4CCN(C)C4=O)nn3)CC2)c(C)c1. The van der Waals surface area contributed by atoms with Crippen molar-refractivity contribution in [1.29, 1.82) is 0 Å². The van der Waals surface area contributed by atoms with E-state index in [4.69, 9.17) is 0 Å². The lowest BCUT2D eigenvalue weighted by molar-refractivity contribution is 0.0739. The Labute approximate surface area is 169 Å². The fraction of sp³-hybridized carbons (Fsp3) is 0.450. The molecule has 0 spiro atoms. The zero-order valence-electron chi connectivity index (χ0n) is 17.0. The van der Waals surface area contributed by atoms with Crippen molar-refractivity contribution in [2.75, 3.05) is 56.1 Å². The van der Waals surface area contributed by atoms with Gasteiger partial charge < -0.3 is 14.7 Å². The molecule has 2 aromatic heterocycles. The van der Waals surface area contributed by atoms with Gasteiger partial charge in [0.1, 0.15) is 5.82 Å². The minimum absolute atomic E-state index is 0.102. The summed E-state index contributed by atoms with van der Waals surface area (Å²) in [5.74, 6) is 1.32. The summed E-state index contributed by atoms with van der Waals surface area (Å²) in [4.78, 5) is 36.6. The highest BCUT2D eigenvalue weighted by molar-refractivity contribution is 5.94. The van der Waals surface area contributed by atoms with Gasteiger partial charge in [-0.2, -0.15) is 0 Å². The van der Waals surface area contributed by atoms with Gasteiger partial charge in [-0.3, -0.25) is 9.69 Å². The number of hydrogen-bond acceptors (Lipinski definition) is 6. The van der Waals surface area contributed by atoms with Crippen LogP contribution in [0.1, 0.15) is 21.6 Å². The Morgan fingerprint density at radius 1 is 1.00 bits per heavy atom. The second-order valence-electron chi connectivity index (χ2n) is 7.56. The van der Waals surface area contributed by atoms with Crippen molar-refractivity contribution >= 4 is 23.6 Å². The molecule has 9 heteroatoms. The quantitative estimate of drug-likeness (QED) is 0.779. The third-order valence-corrected chi connectivity index (χ3v) is 5.42. The van der Waals surface area contributed by atoms with Crippen LogP contribution < -0.4 is 9.80 Å². The number of pyridine rings is 1. The molecular formula is C20H25N7O2. The van der Waals surface area contributed by atoms with Gasteiger partial charge in [-0.1, -0.05) is 6.07 Å². The zero-order valence-corrected chi connectivity index (χ0v) is 17.0. The summed E-state index contributed by atoms with van der Waals surface area (Å²) in [6, 6.07) is 5.36. The number of aromatic nitrogens is 3. The first kappa shape index (κ1) is 19.1. The van der Waals surface area contributed by atoms with Crippen molar-refractivity contribution in [2.24, 2.45) is 0 Å². The van der Waals surface area contributed by atoms with E-state index in [0.717, 1.165) is 30.0 Å². The van der Waals surface area contributed by atoms with Gasteiger partial charge in [-0.25, -0.2) is 9.78 Å². The first-order valence-electron chi connectivity index (χ1n) is 9.78. The van der Waals surface area contributed by atoms with Crippen molar-refractivity contribution in [3.8, 4) is 0 Å². The number of carbonyl (C=O) groups is 2. The second kappa shape index (κ2) is 7.65. The minimum Gasteiger partial charge on any atom is -0.353 e. The summed E-state index contributed by atoms with van der Waals surface area (Å²) in [5.41, 5.74) is 2.59.